The van der Waals surface area contributed by atoms with Gasteiger partial charge in [0, 0.05) is 42.6 Å². The zero-order valence-electron chi connectivity index (χ0n) is 27.9. The fourth-order valence-corrected chi connectivity index (χ4v) is 8.21. The van der Waals surface area contributed by atoms with Crippen LogP contribution in [0.3, 0.4) is 0 Å². The van der Waals surface area contributed by atoms with Gasteiger partial charge in [-0.2, -0.15) is 0 Å². The van der Waals surface area contributed by atoms with Gasteiger partial charge in [-0.05, 0) is 26.0 Å². The molecule has 0 aliphatic carbocycles. The number of carboxylic acids is 2. The van der Waals surface area contributed by atoms with Gasteiger partial charge in [-0.3, -0.25) is 19.3 Å². The smallest absolute Gasteiger partial charge is 0.350 e. The Hall–Kier alpha value is -4.59. The summed E-state index contributed by atoms with van der Waals surface area (Å²) in [6.45, 7) is 3.47. The fourth-order valence-electron chi connectivity index (χ4n) is 6.08. The number of nitrogens with one attached hydrogen (secondary N) is 1. The van der Waals surface area contributed by atoms with Gasteiger partial charge < -0.3 is 50.5 Å². The third kappa shape index (κ3) is 7.42. The third-order valence-corrected chi connectivity index (χ3v) is 11.4. The number of rotatable bonds is 11. The summed E-state index contributed by atoms with van der Waals surface area (Å²) in [6, 6.07) is 1.42. The number of phenols is 2. The first-order valence-electron chi connectivity index (χ1n) is 15.6. The normalized spacial score (nSPS) is 20.1. The number of nitrogens with zero attached hydrogens (tertiary/aromatic N) is 5. The number of benzene rings is 1. The molecule has 0 spiro atoms. The number of likely N-dealkylation sites (tertiary alicyclic amines) is 1. The molecule has 6 N–H and O–H groups in total. The van der Waals surface area contributed by atoms with Crippen LogP contribution in [0, 0.1) is 0 Å². The van der Waals surface area contributed by atoms with Crippen molar-refractivity contribution in [2.24, 2.45) is 5.16 Å². The Labute approximate surface area is 304 Å². The molecule has 3 aliphatic rings. The Balaban J connectivity index is 1.27. The highest BCUT2D eigenvalue weighted by Gasteiger charge is 2.54. The van der Waals surface area contributed by atoms with Gasteiger partial charge in [-0.1, -0.05) is 16.8 Å². The molecule has 51 heavy (non-hydrogen) atoms. The number of aromatic nitrogens is 1. The lowest BCUT2D eigenvalue weighted by atomic mass is 9.98. The number of hydrogen-bond donors (Lipinski definition) is 5. The number of nitrogen functional groups attached to an aromatic ring is 1. The van der Waals surface area contributed by atoms with Crippen LogP contribution in [0.4, 0.5) is 5.13 Å². The number of oxime groups is 1. The molecule has 3 aliphatic heterocycles. The van der Waals surface area contributed by atoms with Gasteiger partial charge in [0.25, 0.3) is 17.7 Å². The fraction of sp³-hybridized carbons (Fsp3) is 0.452. The van der Waals surface area contributed by atoms with E-state index < -0.39 is 58.0 Å². The van der Waals surface area contributed by atoms with E-state index in [1.54, 1.807) is 4.90 Å². The van der Waals surface area contributed by atoms with Gasteiger partial charge in [0.1, 0.15) is 23.7 Å². The Morgan fingerprint density at radius 2 is 1.88 bits per heavy atom. The lowest BCUT2D eigenvalue weighted by molar-refractivity contribution is -0.911. The highest BCUT2D eigenvalue weighted by Crippen LogP contribution is 2.41. The maximum atomic E-state index is 13.4. The number of aliphatic carboxylic acids is 2. The second-order valence-corrected chi connectivity index (χ2v) is 15.6. The third-order valence-electron chi connectivity index (χ3n) is 9.05. The van der Waals surface area contributed by atoms with E-state index in [1.165, 1.54) is 43.1 Å². The second kappa shape index (κ2) is 14.2. The van der Waals surface area contributed by atoms with Crippen molar-refractivity contribution >= 4 is 75.2 Å². The number of amides is 3. The van der Waals surface area contributed by atoms with Crippen molar-refractivity contribution in [1.82, 2.24) is 20.1 Å². The number of phenolic OH excluding ortho intramolecular Hbond substituents is 2. The average Bonchev–Trinajstić information content (AvgIpc) is 3.50. The number of fused-ring (bicyclic) bond motifs is 1. The summed E-state index contributed by atoms with van der Waals surface area (Å²) in [5.41, 5.74) is 3.78. The SMILES string of the molecule is CC(C)(O/N=C(\C(=O)N[C@@H]1C(=O)N2C(C(=O)[O-])=C(C[N+](C)(C)C3CCN(C(=O)c4ccc(O)c(O)c4Cl)CC3)CS[C@H]12)c1csc(N)n1)C(=O)O. The Morgan fingerprint density at radius 1 is 1.22 bits per heavy atom. The zero-order valence-corrected chi connectivity index (χ0v) is 30.3. The molecule has 2 aromatic rings. The number of aromatic hydroxyl groups is 2. The number of β-lactam (4-membered cyclic amide) rings is 1. The monoisotopic (exact) mass is 765 g/mol. The van der Waals surface area contributed by atoms with Gasteiger partial charge in [-0.15, -0.1) is 23.1 Å². The van der Waals surface area contributed by atoms with Gasteiger partial charge in [0.15, 0.2) is 22.3 Å². The molecule has 5 rings (SSSR count). The van der Waals surface area contributed by atoms with Crippen molar-refractivity contribution in [3.8, 4) is 11.5 Å². The highest BCUT2D eigenvalue weighted by molar-refractivity contribution is 8.00. The minimum atomic E-state index is -1.80. The van der Waals surface area contributed by atoms with Gasteiger partial charge in [-0.25, -0.2) is 9.78 Å². The molecule has 20 heteroatoms. The molecule has 2 atom stereocenters. The molecule has 0 radical (unpaired) electrons. The number of carboxylic acid groups (broad SMARTS) is 2. The lowest BCUT2D eigenvalue weighted by Gasteiger charge is -2.51. The summed E-state index contributed by atoms with van der Waals surface area (Å²) in [4.78, 5) is 75.8. The standard InChI is InChI=1S/C31H36ClN7O10S2/c1-31(2,29(47)48)49-36-20(17-13-51-30(33)34-17)24(42)35-21-26(44)38-22(28(45)46)14(12-50-27(21)38)11-39(3,4)15-7-9-37(10-8-15)25(43)16-5-6-18(40)23(41)19(16)32/h5-6,13,15,21,27H,7-12H2,1-4H3,(H6-,33,34,35,36,40,41,42,43,45,46,47,48)/t21-,27-/m1/s1. The Morgan fingerprint density at radius 3 is 2.47 bits per heavy atom. The van der Waals surface area contributed by atoms with Crippen molar-refractivity contribution in [1.29, 1.82) is 0 Å². The van der Waals surface area contributed by atoms with E-state index >= 15 is 0 Å². The van der Waals surface area contributed by atoms with Gasteiger partial charge in [0.2, 0.25) is 5.60 Å². The van der Waals surface area contributed by atoms with E-state index in [0.717, 1.165) is 16.2 Å². The van der Waals surface area contributed by atoms with E-state index in [0.29, 0.717) is 36.0 Å². The topological polar surface area (TPSA) is 248 Å². The molecule has 0 saturated carbocycles. The average molecular weight is 766 g/mol. The van der Waals surface area contributed by atoms with Gasteiger partial charge in [0.05, 0.1) is 42.4 Å². The zero-order chi connectivity index (χ0) is 37.6. The summed E-state index contributed by atoms with van der Waals surface area (Å²) >= 11 is 8.38. The molecule has 1 aromatic carbocycles. The number of piperidine rings is 1. The number of halogens is 1. The van der Waals surface area contributed by atoms with Crippen molar-refractivity contribution in [2.45, 2.75) is 49.7 Å². The Kier molecular flexibility index (Phi) is 10.5. The van der Waals surface area contributed by atoms with E-state index in [-0.39, 0.29) is 51.4 Å². The maximum absolute atomic E-state index is 13.4. The van der Waals surface area contributed by atoms with E-state index in [1.807, 2.05) is 14.1 Å². The number of thiazole rings is 1. The van der Waals surface area contributed by atoms with E-state index in [2.05, 4.69) is 15.5 Å². The molecule has 17 nitrogen and oxygen atoms in total. The number of likely N-dealkylation sites (N-methyl/N-ethyl adjacent to an activating group) is 1. The number of anilines is 1. The molecule has 2 fully saturated rings. The largest absolute Gasteiger partial charge is 0.543 e. The summed E-state index contributed by atoms with van der Waals surface area (Å²) in [7, 11) is 3.88. The first-order valence-corrected chi connectivity index (χ1v) is 17.9. The molecule has 1 aromatic heterocycles. The summed E-state index contributed by atoms with van der Waals surface area (Å²) < 4.78 is 0.353. The second-order valence-electron chi connectivity index (χ2n) is 13.3. The maximum Gasteiger partial charge on any atom is 0.350 e. The van der Waals surface area contributed by atoms with Crippen LogP contribution in [0.5, 0.6) is 11.5 Å². The lowest BCUT2D eigenvalue weighted by Crippen LogP contribution is -2.72. The van der Waals surface area contributed by atoms with E-state index in [9.17, 15) is 44.4 Å². The molecule has 274 valence electrons. The van der Waals surface area contributed by atoms with Crippen LogP contribution in [0.2, 0.25) is 5.02 Å². The number of nitrogens with two attached hydrogens (primary N) is 1. The van der Waals surface area contributed by atoms with Crippen molar-refractivity contribution < 1.29 is 53.7 Å². The Bertz CT molecular complexity index is 1850. The predicted octanol–water partition coefficient (Wildman–Crippen LogP) is 0.159. The number of carbonyl (C=O) groups excluding carboxylic acids is 4. The summed E-state index contributed by atoms with van der Waals surface area (Å²) in [6.07, 6.45) is 1.14. The van der Waals surface area contributed by atoms with Gasteiger partial charge >= 0.3 is 5.97 Å². The first-order chi connectivity index (χ1) is 23.8. The molecular formula is C31H36ClN7O10S2. The van der Waals surface area contributed by atoms with Crippen LogP contribution in [0.15, 0.2) is 33.9 Å². The van der Waals surface area contributed by atoms with E-state index in [4.69, 9.17) is 22.2 Å². The highest BCUT2D eigenvalue weighted by atomic mass is 35.5. The number of carbonyl (C=O) groups is 5. The van der Waals surface area contributed by atoms with Crippen molar-refractivity contribution in [2.75, 3.05) is 45.2 Å². The quantitative estimate of drug-likeness (QED) is 0.0674. The molecule has 2 saturated heterocycles. The van der Waals surface area contributed by atoms with Crippen LogP contribution in [0.25, 0.3) is 0 Å². The minimum Gasteiger partial charge on any atom is -0.543 e. The summed E-state index contributed by atoms with van der Waals surface area (Å²) in [5, 5.41) is 48.3. The first kappa shape index (κ1) is 37.7. The van der Waals surface area contributed by atoms with Crippen molar-refractivity contribution in [3.63, 3.8) is 0 Å². The molecule has 4 heterocycles. The van der Waals surface area contributed by atoms with Crippen LogP contribution in [-0.4, -0.2) is 132 Å². The van der Waals surface area contributed by atoms with Crippen LogP contribution in [-0.2, 0) is 24.0 Å². The summed E-state index contributed by atoms with van der Waals surface area (Å²) in [5.74, 6) is -5.63. The number of hydrogen-bond acceptors (Lipinski definition) is 14. The minimum absolute atomic E-state index is 0.00706. The number of thioether (sulfide) groups is 1. The van der Waals surface area contributed by atoms with Crippen molar-refractivity contribution in [3.05, 3.63) is 45.1 Å². The van der Waals surface area contributed by atoms with Crippen LogP contribution >= 0.6 is 34.7 Å². The molecular weight excluding hydrogens is 730 g/mol. The molecule has 0 bridgehead atoms. The molecule has 3 amide bonds. The van der Waals surface area contributed by atoms with Crippen LogP contribution < -0.4 is 16.2 Å². The number of quaternary nitrogens is 1. The van der Waals surface area contributed by atoms with Crippen LogP contribution in [0.1, 0.15) is 42.7 Å². The predicted molar refractivity (Wildman–Crippen MR) is 184 cm³/mol. The molecule has 0 unspecified atom stereocenters.